The van der Waals surface area contributed by atoms with Crippen LogP contribution in [0.1, 0.15) is 0 Å². The number of imidazole rings is 1. The van der Waals surface area contributed by atoms with Crippen LogP contribution in [0.5, 0.6) is 0 Å². The number of rotatable bonds is 5. The monoisotopic (exact) mass is 313 g/mol. The van der Waals surface area contributed by atoms with Gasteiger partial charge in [-0.3, -0.25) is 9.36 Å². The topological polar surface area (TPSA) is 98.5 Å². The van der Waals surface area contributed by atoms with Crippen molar-refractivity contribution in [1.82, 2.24) is 29.7 Å². The summed E-state index contributed by atoms with van der Waals surface area (Å²) in [7, 11) is 0. The van der Waals surface area contributed by atoms with Crippen LogP contribution in [0.25, 0.3) is 5.82 Å². The summed E-state index contributed by atoms with van der Waals surface area (Å²) >= 11 is 1.31. The second-order valence-electron chi connectivity index (χ2n) is 4.13. The van der Waals surface area contributed by atoms with Crippen LogP contribution in [-0.4, -0.2) is 41.4 Å². The summed E-state index contributed by atoms with van der Waals surface area (Å²) < 4.78 is 1.73. The second-order valence-corrected chi connectivity index (χ2v) is 5.13. The second kappa shape index (κ2) is 6.76. The summed E-state index contributed by atoms with van der Waals surface area (Å²) in [5.41, 5.74) is 0. The van der Waals surface area contributed by atoms with Gasteiger partial charge in [0.2, 0.25) is 5.91 Å². The molecule has 0 bridgehead atoms. The van der Waals surface area contributed by atoms with Gasteiger partial charge in [-0.25, -0.2) is 15.0 Å². The minimum atomic E-state index is -0.175. The van der Waals surface area contributed by atoms with Gasteiger partial charge in [0.1, 0.15) is 29.3 Å². The zero-order valence-electron chi connectivity index (χ0n) is 11.3. The third kappa shape index (κ3) is 3.64. The summed E-state index contributed by atoms with van der Waals surface area (Å²) in [6.45, 7) is 0. The van der Waals surface area contributed by atoms with Gasteiger partial charge in [0.15, 0.2) is 0 Å². The van der Waals surface area contributed by atoms with Gasteiger partial charge in [-0.1, -0.05) is 11.8 Å². The van der Waals surface area contributed by atoms with Gasteiger partial charge in [0, 0.05) is 24.7 Å². The summed E-state index contributed by atoms with van der Waals surface area (Å²) in [5.74, 6) is 1.11. The molecule has 1 amide bonds. The normalized spacial score (nSPS) is 10.4. The van der Waals surface area contributed by atoms with Gasteiger partial charge in [0.25, 0.3) is 0 Å². The minimum absolute atomic E-state index is 0.175. The number of hydrogen-bond acceptors (Lipinski definition) is 7. The highest BCUT2D eigenvalue weighted by molar-refractivity contribution is 7.99. The fraction of sp³-hybridized carbons (Fsp3) is 0.0769. The molecule has 0 aromatic carbocycles. The van der Waals surface area contributed by atoms with Crippen LogP contribution in [0.15, 0.2) is 54.5 Å². The molecule has 3 aromatic heterocycles. The van der Waals surface area contributed by atoms with E-state index in [1.54, 1.807) is 47.7 Å². The smallest absolute Gasteiger partial charge is 0.235 e. The van der Waals surface area contributed by atoms with Crippen molar-refractivity contribution in [1.29, 1.82) is 0 Å². The number of thioether (sulfide) groups is 1. The molecular formula is C13H11N7OS. The van der Waals surface area contributed by atoms with Crippen molar-refractivity contribution in [2.45, 2.75) is 5.03 Å². The summed E-state index contributed by atoms with van der Waals surface area (Å²) in [6, 6.07) is 5.24. The first kappa shape index (κ1) is 14.1. The van der Waals surface area contributed by atoms with Crippen LogP contribution < -0.4 is 5.32 Å². The molecule has 1 N–H and O–H groups in total. The average Bonchev–Trinajstić information content (AvgIpc) is 3.09. The van der Waals surface area contributed by atoms with E-state index in [1.807, 2.05) is 0 Å². The van der Waals surface area contributed by atoms with Crippen molar-refractivity contribution in [3.63, 3.8) is 0 Å². The molecule has 3 heterocycles. The summed E-state index contributed by atoms with van der Waals surface area (Å²) in [4.78, 5) is 24.0. The fourth-order valence-electron chi connectivity index (χ4n) is 1.63. The predicted molar refractivity (Wildman–Crippen MR) is 80.5 cm³/mol. The number of nitrogens with zero attached hydrogens (tertiary/aromatic N) is 6. The Balaban J connectivity index is 1.61. The zero-order chi connectivity index (χ0) is 15.2. The van der Waals surface area contributed by atoms with Crippen LogP contribution in [0.3, 0.4) is 0 Å². The van der Waals surface area contributed by atoms with E-state index in [2.05, 4.69) is 30.5 Å². The Hall–Kier alpha value is -2.81. The van der Waals surface area contributed by atoms with E-state index in [9.17, 15) is 4.79 Å². The molecule has 0 aliphatic heterocycles. The average molecular weight is 313 g/mol. The largest absolute Gasteiger partial charge is 0.310 e. The lowest BCUT2D eigenvalue weighted by molar-refractivity contribution is -0.113. The number of aromatic nitrogens is 6. The van der Waals surface area contributed by atoms with Crippen LogP contribution >= 0.6 is 11.8 Å². The molecule has 0 unspecified atom stereocenters. The molecule has 22 heavy (non-hydrogen) atoms. The SMILES string of the molecule is O=C(CSc1cccnn1)Nc1cc(-n2ccnc2)ncn1. The molecule has 8 nitrogen and oxygen atoms in total. The van der Waals surface area contributed by atoms with Gasteiger partial charge < -0.3 is 5.32 Å². The standard InChI is InChI=1S/C13H11N7OS/c21-12(7-22-13-2-1-3-17-19-13)18-10-6-11(16-8-15-10)20-5-4-14-9-20/h1-6,8-9H,7H2,(H,15,16,18,21). The van der Waals surface area contributed by atoms with Crippen molar-refractivity contribution >= 4 is 23.5 Å². The van der Waals surface area contributed by atoms with Crippen molar-refractivity contribution in [3.8, 4) is 5.82 Å². The van der Waals surface area contributed by atoms with Crippen molar-refractivity contribution in [2.75, 3.05) is 11.1 Å². The van der Waals surface area contributed by atoms with Crippen LogP contribution in [-0.2, 0) is 4.79 Å². The maximum Gasteiger partial charge on any atom is 0.235 e. The molecule has 0 atom stereocenters. The van der Waals surface area contributed by atoms with E-state index in [4.69, 9.17) is 0 Å². The molecule has 0 saturated heterocycles. The molecule has 3 aromatic rings. The molecule has 110 valence electrons. The van der Waals surface area contributed by atoms with E-state index in [0.29, 0.717) is 16.7 Å². The first-order chi connectivity index (χ1) is 10.8. The lowest BCUT2D eigenvalue weighted by Crippen LogP contribution is -2.15. The lowest BCUT2D eigenvalue weighted by atomic mass is 10.5. The quantitative estimate of drug-likeness (QED) is 0.706. The molecule has 0 fully saturated rings. The highest BCUT2D eigenvalue weighted by Crippen LogP contribution is 2.14. The maximum atomic E-state index is 11.9. The van der Waals surface area contributed by atoms with Gasteiger partial charge in [0.05, 0.1) is 5.75 Å². The zero-order valence-corrected chi connectivity index (χ0v) is 12.1. The first-order valence-electron chi connectivity index (χ1n) is 6.32. The predicted octanol–water partition coefficient (Wildman–Crippen LogP) is 1.18. The number of hydrogen-bond donors (Lipinski definition) is 1. The fourth-order valence-corrected chi connectivity index (χ4v) is 2.26. The number of carbonyl (C=O) groups excluding carboxylic acids is 1. The molecule has 9 heteroatoms. The molecule has 0 aliphatic carbocycles. The number of amides is 1. The number of anilines is 1. The Morgan fingerprint density at radius 1 is 1.32 bits per heavy atom. The minimum Gasteiger partial charge on any atom is -0.310 e. The third-order valence-electron chi connectivity index (χ3n) is 2.59. The Morgan fingerprint density at radius 3 is 3.05 bits per heavy atom. The highest BCUT2D eigenvalue weighted by atomic mass is 32.2. The van der Waals surface area contributed by atoms with Gasteiger partial charge >= 0.3 is 0 Å². The van der Waals surface area contributed by atoms with Crippen LogP contribution in [0, 0.1) is 0 Å². The van der Waals surface area contributed by atoms with E-state index in [0.717, 1.165) is 0 Å². The molecular weight excluding hydrogens is 302 g/mol. The van der Waals surface area contributed by atoms with Crippen LogP contribution in [0.4, 0.5) is 5.82 Å². The van der Waals surface area contributed by atoms with E-state index < -0.39 is 0 Å². The lowest BCUT2D eigenvalue weighted by Gasteiger charge is -2.06. The third-order valence-corrected chi connectivity index (χ3v) is 3.51. The molecule has 0 radical (unpaired) electrons. The van der Waals surface area contributed by atoms with Gasteiger partial charge in [-0.15, -0.1) is 5.10 Å². The van der Waals surface area contributed by atoms with E-state index in [-0.39, 0.29) is 11.7 Å². The highest BCUT2D eigenvalue weighted by Gasteiger charge is 2.07. The van der Waals surface area contributed by atoms with Crippen molar-refractivity contribution in [2.24, 2.45) is 0 Å². The molecule has 0 spiro atoms. The van der Waals surface area contributed by atoms with Crippen molar-refractivity contribution < 1.29 is 4.79 Å². The Kier molecular flexibility index (Phi) is 4.35. The van der Waals surface area contributed by atoms with E-state index in [1.165, 1.54) is 18.1 Å². The summed E-state index contributed by atoms with van der Waals surface area (Å²) in [5, 5.41) is 11.1. The number of nitrogens with one attached hydrogen (secondary N) is 1. The maximum absolute atomic E-state index is 11.9. The Morgan fingerprint density at radius 2 is 2.27 bits per heavy atom. The summed E-state index contributed by atoms with van der Waals surface area (Å²) in [6.07, 6.45) is 8.01. The number of carbonyl (C=O) groups is 1. The first-order valence-corrected chi connectivity index (χ1v) is 7.30. The van der Waals surface area contributed by atoms with Crippen LogP contribution in [0.2, 0.25) is 0 Å². The van der Waals surface area contributed by atoms with Crippen molar-refractivity contribution in [3.05, 3.63) is 49.4 Å². The van der Waals surface area contributed by atoms with E-state index >= 15 is 0 Å². The Labute approximate surface area is 130 Å². The molecule has 3 rings (SSSR count). The van der Waals surface area contributed by atoms with Gasteiger partial charge in [-0.05, 0) is 12.1 Å². The molecule has 0 saturated carbocycles. The van der Waals surface area contributed by atoms with Gasteiger partial charge in [-0.2, -0.15) is 5.10 Å². The molecule has 0 aliphatic rings. The Bertz CT molecular complexity index is 748.